The molecule has 0 saturated heterocycles. The van der Waals surface area contributed by atoms with E-state index in [1.165, 1.54) is 6.07 Å². The summed E-state index contributed by atoms with van der Waals surface area (Å²) in [6.45, 7) is 0. The highest BCUT2D eigenvalue weighted by Gasteiger charge is 2.19. The quantitative estimate of drug-likeness (QED) is 0.254. The monoisotopic (exact) mass is 424 g/mol. The lowest BCUT2D eigenvalue weighted by Gasteiger charge is -2.13. The van der Waals surface area contributed by atoms with Crippen LogP contribution in [0.1, 0.15) is 0 Å². The Morgan fingerprint density at radius 2 is 1.65 bits per heavy atom. The molecule has 0 amide bonds. The molecule has 6 nitrogen and oxygen atoms in total. The van der Waals surface area contributed by atoms with E-state index in [4.69, 9.17) is 12.2 Å². The first kappa shape index (κ1) is 18.9. The van der Waals surface area contributed by atoms with Crippen LogP contribution < -0.4 is 0 Å². The van der Waals surface area contributed by atoms with Gasteiger partial charge in [-0.1, -0.05) is 66.7 Å². The molecule has 5 aromatic rings. The largest absolute Gasteiger partial charge is 0.507 e. The molecule has 0 saturated carbocycles. The molecule has 7 heteroatoms. The van der Waals surface area contributed by atoms with E-state index in [0.29, 0.717) is 21.7 Å². The van der Waals surface area contributed by atoms with Gasteiger partial charge in [0.2, 0.25) is 0 Å². The predicted octanol–water partition coefficient (Wildman–Crippen LogP) is 6.52. The summed E-state index contributed by atoms with van der Waals surface area (Å²) in [6.07, 6.45) is 0. The maximum Gasteiger partial charge on any atom is 0.200 e. The van der Waals surface area contributed by atoms with Crippen LogP contribution in [0.15, 0.2) is 90.1 Å². The summed E-state index contributed by atoms with van der Waals surface area (Å²) >= 11 is 5.53. The maximum atomic E-state index is 11.4. The summed E-state index contributed by atoms with van der Waals surface area (Å²) in [7, 11) is 0. The third-order valence-electron chi connectivity index (χ3n) is 5.22. The number of hydrogen-bond donors (Lipinski definition) is 2. The Bertz CT molecular complexity index is 1480. The predicted molar refractivity (Wildman–Crippen MR) is 124 cm³/mol. The fourth-order valence-corrected chi connectivity index (χ4v) is 4.02. The molecule has 4 aromatic carbocycles. The van der Waals surface area contributed by atoms with Crippen LogP contribution in [0.4, 0.5) is 5.69 Å². The van der Waals surface area contributed by atoms with Gasteiger partial charge in [0.15, 0.2) is 10.6 Å². The molecule has 1 aromatic heterocycles. The average molecular weight is 424 g/mol. The second-order valence-corrected chi connectivity index (χ2v) is 7.42. The van der Waals surface area contributed by atoms with E-state index >= 15 is 0 Å². The Hall–Kier alpha value is -4.10. The van der Waals surface area contributed by atoms with Gasteiger partial charge in [0.05, 0.1) is 11.3 Å². The molecular formula is C24H16N4O2S. The van der Waals surface area contributed by atoms with Crippen molar-refractivity contribution in [2.45, 2.75) is 0 Å². The van der Waals surface area contributed by atoms with Crippen LogP contribution in [-0.4, -0.2) is 19.9 Å². The summed E-state index contributed by atoms with van der Waals surface area (Å²) < 4.78 is 2.18. The van der Waals surface area contributed by atoms with Crippen LogP contribution in [0, 0.1) is 9.68 Å². The van der Waals surface area contributed by atoms with E-state index in [0.717, 1.165) is 22.0 Å². The number of rotatable bonds is 4. The zero-order chi connectivity index (χ0) is 21.4. The van der Waals surface area contributed by atoms with E-state index < -0.39 is 0 Å². The van der Waals surface area contributed by atoms with Gasteiger partial charge in [-0.3, -0.25) is 9.67 Å². The summed E-state index contributed by atoms with van der Waals surface area (Å²) in [5.41, 5.74) is 2.83. The number of nitrogens with one attached hydrogen (secondary N) is 1. The molecule has 150 valence electrons. The number of benzene rings is 4. The maximum absolute atomic E-state index is 11.4. The summed E-state index contributed by atoms with van der Waals surface area (Å²) in [5.74, 6) is 0.332. The molecule has 0 atom stereocenters. The third kappa shape index (κ3) is 3.21. The number of aromatic amines is 1. The van der Waals surface area contributed by atoms with Gasteiger partial charge in [-0.2, -0.15) is 5.10 Å². The Morgan fingerprint density at radius 3 is 2.45 bits per heavy atom. The van der Waals surface area contributed by atoms with Crippen molar-refractivity contribution in [1.82, 2.24) is 14.8 Å². The number of nitroso groups, excluding NO2 is 1. The summed E-state index contributed by atoms with van der Waals surface area (Å²) in [6, 6.07) is 26.4. The number of phenols is 1. The molecule has 0 spiro atoms. The third-order valence-corrected chi connectivity index (χ3v) is 5.49. The highest BCUT2D eigenvalue weighted by molar-refractivity contribution is 7.71. The molecule has 0 aliphatic rings. The van der Waals surface area contributed by atoms with Crippen molar-refractivity contribution in [2.75, 3.05) is 0 Å². The molecule has 1 heterocycles. The van der Waals surface area contributed by atoms with Crippen LogP contribution >= 0.6 is 12.2 Å². The fourth-order valence-electron chi connectivity index (χ4n) is 3.79. The number of H-pyrrole nitrogens is 1. The Morgan fingerprint density at radius 1 is 0.903 bits per heavy atom. The normalized spacial score (nSPS) is 11.0. The van der Waals surface area contributed by atoms with Crippen molar-refractivity contribution in [3.63, 3.8) is 0 Å². The van der Waals surface area contributed by atoms with Crippen molar-refractivity contribution < 1.29 is 5.11 Å². The van der Waals surface area contributed by atoms with Gasteiger partial charge >= 0.3 is 0 Å². The van der Waals surface area contributed by atoms with Gasteiger partial charge in [-0.25, -0.2) is 0 Å². The van der Waals surface area contributed by atoms with Gasteiger partial charge in [0.1, 0.15) is 11.4 Å². The first-order valence-corrected chi connectivity index (χ1v) is 10.00. The second kappa shape index (κ2) is 7.62. The lowest BCUT2D eigenvalue weighted by Crippen LogP contribution is -1.99. The van der Waals surface area contributed by atoms with Gasteiger partial charge in [-0.05, 0) is 40.5 Å². The molecular weight excluding hydrogens is 408 g/mol. The molecule has 5 rings (SSSR count). The van der Waals surface area contributed by atoms with Crippen LogP contribution in [0.25, 0.3) is 39.0 Å². The van der Waals surface area contributed by atoms with E-state index in [2.05, 4.69) is 15.4 Å². The lowest BCUT2D eigenvalue weighted by molar-refractivity contribution is 0.477. The van der Waals surface area contributed by atoms with E-state index in [9.17, 15) is 10.0 Å². The van der Waals surface area contributed by atoms with Crippen LogP contribution in [0.5, 0.6) is 5.75 Å². The molecule has 0 fully saturated rings. The minimum absolute atomic E-state index is 0.107. The van der Waals surface area contributed by atoms with Crippen molar-refractivity contribution >= 4 is 28.7 Å². The molecule has 2 N–H and O–H groups in total. The van der Waals surface area contributed by atoms with Crippen LogP contribution in [0.3, 0.4) is 0 Å². The van der Waals surface area contributed by atoms with Crippen molar-refractivity contribution in [3.05, 3.63) is 94.6 Å². The SMILES string of the molecule is O=Nc1cc(O)c(-c2n[nH]c(=S)n2-c2cccc3ccccc23)cc1-c1ccccc1. The second-order valence-electron chi connectivity index (χ2n) is 7.03. The average Bonchev–Trinajstić information content (AvgIpc) is 3.19. The van der Waals surface area contributed by atoms with Crippen molar-refractivity contribution in [2.24, 2.45) is 5.18 Å². The Kier molecular flexibility index (Phi) is 4.65. The minimum atomic E-state index is -0.107. The first-order chi connectivity index (χ1) is 15.2. The highest BCUT2D eigenvalue weighted by Crippen LogP contribution is 2.40. The number of nitrogens with zero attached hydrogens (tertiary/aromatic N) is 3. The van der Waals surface area contributed by atoms with Crippen LogP contribution in [-0.2, 0) is 0 Å². The Labute approximate surface area is 182 Å². The van der Waals surface area contributed by atoms with E-state index in [1.54, 1.807) is 10.6 Å². The molecule has 0 bridgehead atoms. The fraction of sp³-hybridized carbons (Fsp3) is 0. The zero-order valence-corrected chi connectivity index (χ0v) is 17.0. The number of phenolic OH excluding ortho intramolecular Hbond substituents is 1. The molecule has 0 radical (unpaired) electrons. The topological polar surface area (TPSA) is 83.3 Å². The number of fused-ring (bicyclic) bond motifs is 1. The van der Waals surface area contributed by atoms with E-state index in [-0.39, 0.29) is 11.4 Å². The Balaban J connectivity index is 1.79. The number of aromatic hydroxyl groups is 1. The minimum Gasteiger partial charge on any atom is -0.507 e. The molecule has 0 unspecified atom stereocenters. The molecule has 0 aliphatic carbocycles. The van der Waals surface area contributed by atoms with Gasteiger partial charge in [0.25, 0.3) is 0 Å². The van der Waals surface area contributed by atoms with Gasteiger partial charge < -0.3 is 5.11 Å². The van der Waals surface area contributed by atoms with Crippen LogP contribution in [0.2, 0.25) is 0 Å². The molecule has 31 heavy (non-hydrogen) atoms. The van der Waals surface area contributed by atoms with Gasteiger partial charge in [0, 0.05) is 17.0 Å². The van der Waals surface area contributed by atoms with Crippen molar-refractivity contribution in [1.29, 1.82) is 0 Å². The first-order valence-electron chi connectivity index (χ1n) is 9.59. The lowest BCUT2D eigenvalue weighted by atomic mass is 10.00. The highest BCUT2D eigenvalue weighted by atomic mass is 32.1. The van der Waals surface area contributed by atoms with Gasteiger partial charge in [-0.15, -0.1) is 4.91 Å². The summed E-state index contributed by atoms with van der Waals surface area (Å²) in [4.78, 5) is 11.4. The van der Waals surface area contributed by atoms with E-state index in [1.807, 2.05) is 72.8 Å². The number of aromatic nitrogens is 3. The standard InChI is InChI=1S/C24H16N4O2S/c29-22-14-20(27-30)18(16-7-2-1-3-8-16)13-19(22)23-25-26-24(31)28(23)21-12-6-10-15-9-4-5-11-17(15)21/h1-14,29H,(H,26,31). The smallest absolute Gasteiger partial charge is 0.200 e. The zero-order valence-electron chi connectivity index (χ0n) is 16.2. The number of hydrogen-bond acceptors (Lipinski definition) is 5. The summed E-state index contributed by atoms with van der Waals surface area (Å²) in [5, 5.41) is 23.1. The van der Waals surface area contributed by atoms with Crippen molar-refractivity contribution in [3.8, 4) is 34.0 Å². The molecule has 0 aliphatic heterocycles.